The van der Waals surface area contributed by atoms with Gasteiger partial charge < -0.3 is 10.1 Å². The van der Waals surface area contributed by atoms with Crippen molar-refractivity contribution in [2.75, 3.05) is 5.32 Å². The molecule has 1 amide bonds. The molecule has 0 radical (unpaired) electrons. The molecule has 2 aromatic carbocycles. The maximum atomic E-state index is 12.3. The van der Waals surface area contributed by atoms with Crippen LogP contribution in [0.1, 0.15) is 42.9 Å². The van der Waals surface area contributed by atoms with Crippen molar-refractivity contribution < 1.29 is 14.3 Å². The maximum Gasteiger partial charge on any atom is 0.307 e. The zero-order valence-electron chi connectivity index (χ0n) is 15.2. The minimum absolute atomic E-state index is 0.0440. The summed E-state index contributed by atoms with van der Waals surface area (Å²) in [7, 11) is 0. The number of rotatable bonds is 6. The van der Waals surface area contributed by atoms with Crippen LogP contribution in [-0.2, 0) is 14.3 Å². The smallest absolute Gasteiger partial charge is 0.307 e. The molecule has 2 aromatic rings. The summed E-state index contributed by atoms with van der Waals surface area (Å²) < 4.78 is 5.31. The minimum atomic E-state index is -0.838. The van der Waals surface area contributed by atoms with Crippen LogP contribution in [0, 0.1) is 13.8 Å². The van der Waals surface area contributed by atoms with Crippen LogP contribution in [0.3, 0.4) is 0 Å². The highest BCUT2D eigenvalue weighted by atomic mass is 16.5. The second kappa shape index (κ2) is 8.47. The van der Waals surface area contributed by atoms with E-state index in [2.05, 4.69) is 5.32 Å². The Labute approximate surface area is 149 Å². The van der Waals surface area contributed by atoms with Gasteiger partial charge in [-0.1, -0.05) is 55.5 Å². The van der Waals surface area contributed by atoms with Gasteiger partial charge in [0, 0.05) is 5.69 Å². The summed E-state index contributed by atoms with van der Waals surface area (Å²) in [6.07, 6.45) is -0.597. The fraction of sp³-hybridized carbons (Fsp3) is 0.333. The third-order valence-corrected chi connectivity index (χ3v) is 4.25. The average molecular weight is 339 g/mol. The van der Waals surface area contributed by atoms with Crippen LogP contribution in [-0.4, -0.2) is 18.0 Å². The van der Waals surface area contributed by atoms with Crippen molar-refractivity contribution in [3.63, 3.8) is 0 Å². The monoisotopic (exact) mass is 339 g/mol. The fourth-order valence-electron chi connectivity index (χ4n) is 2.68. The van der Waals surface area contributed by atoms with Gasteiger partial charge in [0.15, 0.2) is 6.10 Å². The number of para-hydroxylation sites is 1. The number of ether oxygens (including phenoxy) is 1. The number of hydrogen-bond acceptors (Lipinski definition) is 3. The molecule has 0 bridgehead atoms. The molecule has 0 aliphatic heterocycles. The van der Waals surface area contributed by atoms with Gasteiger partial charge in [-0.15, -0.1) is 0 Å². The number of benzene rings is 2. The second-order valence-electron chi connectivity index (χ2n) is 6.40. The van der Waals surface area contributed by atoms with Crippen LogP contribution < -0.4 is 5.32 Å². The molecule has 4 nitrogen and oxygen atoms in total. The lowest BCUT2D eigenvalue weighted by atomic mass is 9.98. The molecule has 0 spiro atoms. The van der Waals surface area contributed by atoms with Gasteiger partial charge in [-0.25, -0.2) is 0 Å². The zero-order chi connectivity index (χ0) is 18.4. The van der Waals surface area contributed by atoms with Crippen molar-refractivity contribution in [1.29, 1.82) is 0 Å². The van der Waals surface area contributed by atoms with Crippen molar-refractivity contribution in [3.8, 4) is 0 Å². The number of esters is 1. The fourth-order valence-corrected chi connectivity index (χ4v) is 2.68. The molecule has 0 saturated heterocycles. The maximum absolute atomic E-state index is 12.3. The Morgan fingerprint density at radius 1 is 0.960 bits per heavy atom. The summed E-state index contributed by atoms with van der Waals surface area (Å²) >= 11 is 0. The van der Waals surface area contributed by atoms with E-state index in [-0.39, 0.29) is 24.2 Å². The van der Waals surface area contributed by atoms with Crippen molar-refractivity contribution in [2.24, 2.45) is 0 Å². The Morgan fingerprint density at radius 3 is 2.16 bits per heavy atom. The number of amides is 1. The molecule has 0 fully saturated rings. The molecule has 0 aliphatic rings. The normalized spacial score (nSPS) is 13.0. The number of hydrogen-bond donors (Lipinski definition) is 1. The van der Waals surface area contributed by atoms with Crippen LogP contribution in [0.5, 0.6) is 0 Å². The van der Waals surface area contributed by atoms with E-state index in [1.807, 2.05) is 69.3 Å². The summed E-state index contributed by atoms with van der Waals surface area (Å²) in [5, 5.41) is 2.85. The molecule has 25 heavy (non-hydrogen) atoms. The predicted molar refractivity (Wildman–Crippen MR) is 99.6 cm³/mol. The Kier molecular flexibility index (Phi) is 6.34. The van der Waals surface area contributed by atoms with E-state index in [0.717, 1.165) is 22.4 Å². The average Bonchev–Trinajstić information content (AvgIpc) is 2.58. The van der Waals surface area contributed by atoms with E-state index < -0.39 is 6.10 Å². The Morgan fingerprint density at radius 2 is 1.56 bits per heavy atom. The molecule has 0 unspecified atom stereocenters. The van der Waals surface area contributed by atoms with Gasteiger partial charge in [0.1, 0.15) is 0 Å². The molecular formula is C21H25NO3. The molecule has 0 aliphatic carbocycles. The van der Waals surface area contributed by atoms with Gasteiger partial charge in [-0.05, 0) is 43.4 Å². The van der Waals surface area contributed by atoms with E-state index in [1.165, 1.54) is 0 Å². The molecular weight excluding hydrogens is 314 g/mol. The minimum Gasteiger partial charge on any atom is -0.453 e. The van der Waals surface area contributed by atoms with Crippen molar-refractivity contribution in [2.45, 2.75) is 46.1 Å². The van der Waals surface area contributed by atoms with E-state index in [4.69, 9.17) is 4.74 Å². The van der Waals surface area contributed by atoms with Crippen LogP contribution >= 0.6 is 0 Å². The topological polar surface area (TPSA) is 55.4 Å². The molecule has 0 aromatic heterocycles. The molecule has 2 atom stereocenters. The Balaban J connectivity index is 1.91. The Hall–Kier alpha value is -2.62. The SMILES string of the molecule is Cc1cccc(C)c1NC(=O)[C@@H](C)OC(=O)C[C@@H](C)c1ccccc1. The first kappa shape index (κ1) is 18.7. The standard InChI is InChI=1S/C21H25NO3/c1-14-9-8-10-15(2)20(14)22-21(24)17(4)25-19(23)13-16(3)18-11-6-5-7-12-18/h5-12,16-17H,13H2,1-4H3,(H,22,24)/t16-,17-/m1/s1. The largest absolute Gasteiger partial charge is 0.453 e. The first-order valence-corrected chi connectivity index (χ1v) is 8.50. The van der Waals surface area contributed by atoms with Gasteiger partial charge >= 0.3 is 5.97 Å². The number of anilines is 1. The first-order valence-electron chi connectivity index (χ1n) is 8.50. The highest BCUT2D eigenvalue weighted by molar-refractivity contribution is 5.96. The highest BCUT2D eigenvalue weighted by Gasteiger charge is 2.20. The van der Waals surface area contributed by atoms with Gasteiger partial charge in [0.2, 0.25) is 0 Å². The molecule has 0 saturated carbocycles. The molecule has 2 rings (SSSR count). The van der Waals surface area contributed by atoms with E-state index in [9.17, 15) is 9.59 Å². The van der Waals surface area contributed by atoms with E-state index in [1.54, 1.807) is 6.92 Å². The van der Waals surface area contributed by atoms with Crippen molar-refractivity contribution >= 4 is 17.6 Å². The lowest BCUT2D eigenvalue weighted by Crippen LogP contribution is -2.30. The first-order chi connectivity index (χ1) is 11.9. The summed E-state index contributed by atoms with van der Waals surface area (Å²) in [5.74, 6) is -0.652. The quantitative estimate of drug-likeness (QED) is 0.795. The lowest BCUT2D eigenvalue weighted by molar-refractivity contribution is -0.153. The predicted octanol–water partition coefficient (Wildman–Crippen LogP) is 4.37. The van der Waals surface area contributed by atoms with Crippen molar-refractivity contribution in [1.82, 2.24) is 0 Å². The van der Waals surface area contributed by atoms with Crippen LogP contribution in [0.4, 0.5) is 5.69 Å². The van der Waals surface area contributed by atoms with Crippen LogP contribution in [0.2, 0.25) is 0 Å². The van der Waals surface area contributed by atoms with Gasteiger partial charge in [-0.3, -0.25) is 9.59 Å². The van der Waals surface area contributed by atoms with E-state index in [0.29, 0.717) is 0 Å². The number of aryl methyl sites for hydroxylation is 2. The Bertz CT molecular complexity index is 720. The van der Waals surface area contributed by atoms with Crippen molar-refractivity contribution in [3.05, 3.63) is 65.2 Å². The third kappa shape index (κ3) is 5.18. The van der Waals surface area contributed by atoms with E-state index >= 15 is 0 Å². The molecule has 0 heterocycles. The zero-order valence-corrected chi connectivity index (χ0v) is 15.2. The van der Waals surface area contributed by atoms with Gasteiger partial charge in [-0.2, -0.15) is 0 Å². The van der Waals surface area contributed by atoms with Crippen LogP contribution in [0.25, 0.3) is 0 Å². The number of carbonyl (C=O) groups is 2. The number of carbonyl (C=O) groups excluding carboxylic acids is 2. The summed E-state index contributed by atoms with van der Waals surface area (Å²) in [6, 6.07) is 15.6. The summed E-state index contributed by atoms with van der Waals surface area (Å²) in [6.45, 7) is 7.42. The summed E-state index contributed by atoms with van der Waals surface area (Å²) in [4.78, 5) is 24.4. The number of nitrogens with one attached hydrogen (secondary N) is 1. The summed E-state index contributed by atoms with van der Waals surface area (Å²) in [5.41, 5.74) is 3.80. The van der Waals surface area contributed by atoms with Crippen LogP contribution in [0.15, 0.2) is 48.5 Å². The molecule has 4 heteroatoms. The second-order valence-corrected chi connectivity index (χ2v) is 6.40. The van der Waals surface area contributed by atoms with Gasteiger partial charge in [0.05, 0.1) is 6.42 Å². The lowest BCUT2D eigenvalue weighted by Gasteiger charge is -2.17. The third-order valence-electron chi connectivity index (χ3n) is 4.25. The highest BCUT2D eigenvalue weighted by Crippen LogP contribution is 2.21. The molecule has 132 valence electrons. The molecule has 1 N–H and O–H groups in total. The van der Waals surface area contributed by atoms with Gasteiger partial charge in [0.25, 0.3) is 5.91 Å².